The van der Waals surface area contributed by atoms with Crippen LogP contribution in [0.2, 0.25) is 0 Å². The highest BCUT2D eigenvalue weighted by atomic mass is 32.2. The molecule has 2 N–H and O–H groups in total. The average Bonchev–Trinajstić information content (AvgIpc) is 3.03. The Labute approximate surface area is 167 Å². The van der Waals surface area contributed by atoms with Crippen LogP contribution >= 0.6 is 11.8 Å². The van der Waals surface area contributed by atoms with Gasteiger partial charge in [0.25, 0.3) is 0 Å². The zero-order valence-corrected chi connectivity index (χ0v) is 16.9. The number of amidine groups is 1. The molecular formula is C18H22BN3O5S. The van der Waals surface area contributed by atoms with Crippen LogP contribution in [0.4, 0.5) is 0 Å². The Kier molecular flexibility index (Phi) is 5.65. The van der Waals surface area contributed by atoms with Crippen LogP contribution < -0.4 is 10.8 Å². The summed E-state index contributed by atoms with van der Waals surface area (Å²) in [7, 11) is -0.527. The normalized spacial score (nSPS) is 24.9. The topological polar surface area (TPSA) is 110 Å². The summed E-state index contributed by atoms with van der Waals surface area (Å²) in [5.41, 5.74) is 0.705. The minimum atomic E-state index is -1.03. The first-order chi connectivity index (χ1) is 13.1. The van der Waals surface area contributed by atoms with Crippen molar-refractivity contribution in [3.05, 3.63) is 29.8 Å². The second-order valence-corrected chi connectivity index (χ2v) is 8.75. The lowest BCUT2D eigenvalue weighted by molar-refractivity contribution is -0.138. The van der Waals surface area contributed by atoms with Gasteiger partial charge in [-0.1, -0.05) is 36.0 Å². The number of aliphatic carboxylic acids is 1. The van der Waals surface area contributed by atoms with Crippen LogP contribution in [0, 0.1) is 0 Å². The molecule has 8 nitrogen and oxygen atoms in total. The zero-order valence-electron chi connectivity index (χ0n) is 16.1. The predicted molar refractivity (Wildman–Crippen MR) is 109 cm³/mol. The number of nitrogens with zero attached hydrogens (tertiary/aromatic N) is 2. The molecule has 1 aromatic carbocycles. The summed E-state index contributed by atoms with van der Waals surface area (Å²) < 4.78 is 12.2. The van der Waals surface area contributed by atoms with E-state index in [1.807, 2.05) is 52.0 Å². The molecule has 0 aromatic heterocycles. The van der Waals surface area contributed by atoms with Gasteiger partial charge in [-0.15, -0.1) is 5.10 Å². The molecule has 2 heterocycles. The number of carboxylic acid groups (broad SMARTS) is 1. The third-order valence-electron chi connectivity index (χ3n) is 4.99. The fourth-order valence-electron chi connectivity index (χ4n) is 2.70. The maximum atomic E-state index is 11.7. The predicted octanol–water partition coefficient (Wildman–Crippen LogP) is 1.38. The Balaban J connectivity index is 1.74. The fourth-order valence-corrected chi connectivity index (χ4v) is 3.62. The van der Waals surface area contributed by atoms with Crippen LogP contribution in [-0.4, -0.2) is 51.9 Å². The lowest BCUT2D eigenvalue weighted by Crippen LogP contribution is -2.41. The minimum Gasteiger partial charge on any atom is -0.481 e. The molecule has 28 heavy (non-hydrogen) atoms. The van der Waals surface area contributed by atoms with Crippen molar-refractivity contribution in [2.75, 3.05) is 0 Å². The molecule has 2 saturated heterocycles. The third-order valence-corrected chi connectivity index (χ3v) is 6.06. The van der Waals surface area contributed by atoms with Crippen molar-refractivity contribution in [3.8, 4) is 0 Å². The molecule has 1 aromatic rings. The number of carbonyl (C=O) groups is 2. The molecule has 3 rings (SSSR count). The van der Waals surface area contributed by atoms with E-state index < -0.39 is 29.5 Å². The summed E-state index contributed by atoms with van der Waals surface area (Å²) in [5, 5.41) is 19.0. The molecule has 0 aliphatic carbocycles. The maximum Gasteiger partial charge on any atom is 0.495 e. The smallest absolute Gasteiger partial charge is 0.481 e. The lowest BCUT2D eigenvalue weighted by atomic mass is 9.76. The summed E-state index contributed by atoms with van der Waals surface area (Å²) in [4.78, 5) is 22.5. The lowest BCUT2D eigenvalue weighted by Gasteiger charge is -2.32. The van der Waals surface area contributed by atoms with Gasteiger partial charge in [-0.2, -0.15) is 5.10 Å². The first-order valence-electron chi connectivity index (χ1n) is 8.84. The zero-order chi connectivity index (χ0) is 20.5. The Hall–Kier alpha value is -2.17. The monoisotopic (exact) mass is 403 g/mol. The maximum absolute atomic E-state index is 11.7. The first kappa shape index (κ1) is 20.6. The molecular weight excluding hydrogens is 381 g/mol. The van der Waals surface area contributed by atoms with Gasteiger partial charge in [0.1, 0.15) is 5.25 Å². The third kappa shape index (κ3) is 4.29. The summed E-state index contributed by atoms with van der Waals surface area (Å²) in [5.74, 6) is -1.41. The van der Waals surface area contributed by atoms with Crippen molar-refractivity contribution in [1.82, 2.24) is 5.32 Å². The minimum absolute atomic E-state index is 0.260. The van der Waals surface area contributed by atoms with Crippen LogP contribution in [0.25, 0.3) is 0 Å². The van der Waals surface area contributed by atoms with Gasteiger partial charge in [-0.25, -0.2) is 0 Å². The SMILES string of the molecule is CC1(C)OB(c2ccccc2C=NN=C2NC(=O)C(CC(=O)O)S2)OC1(C)C. The molecule has 1 atom stereocenters. The van der Waals surface area contributed by atoms with Crippen LogP contribution in [0.5, 0.6) is 0 Å². The Morgan fingerprint density at radius 3 is 2.57 bits per heavy atom. The molecule has 1 unspecified atom stereocenters. The molecule has 2 aliphatic rings. The Morgan fingerprint density at radius 1 is 1.29 bits per heavy atom. The number of rotatable bonds is 5. The van der Waals surface area contributed by atoms with E-state index in [0.717, 1.165) is 22.8 Å². The number of hydrogen-bond acceptors (Lipinski definition) is 7. The molecule has 0 saturated carbocycles. The van der Waals surface area contributed by atoms with E-state index >= 15 is 0 Å². The summed E-state index contributed by atoms with van der Waals surface area (Å²) >= 11 is 1.06. The Bertz CT molecular complexity index is 839. The van der Waals surface area contributed by atoms with Gasteiger partial charge in [0, 0.05) is 0 Å². The number of hydrogen-bond donors (Lipinski definition) is 2. The number of amides is 1. The molecule has 2 aliphatic heterocycles. The van der Waals surface area contributed by atoms with Crippen molar-refractivity contribution in [3.63, 3.8) is 0 Å². The van der Waals surface area contributed by atoms with Crippen molar-refractivity contribution in [2.24, 2.45) is 10.2 Å². The van der Waals surface area contributed by atoms with Crippen LogP contribution in [0.1, 0.15) is 39.7 Å². The molecule has 0 radical (unpaired) electrons. The van der Waals surface area contributed by atoms with Crippen LogP contribution in [0.15, 0.2) is 34.5 Å². The number of carbonyl (C=O) groups excluding carboxylic acids is 1. The van der Waals surface area contributed by atoms with Crippen LogP contribution in [-0.2, 0) is 18.9 Å². The quantitative estimate of drug-likeness (QED) is 0.437. The van der Waals surface area contributed by atoms with E-state index in [9.17, 15) is 9.59 Å². The van der Waals surface area contributed by atoms with Crippen molar-refractivity contribution >= 4 is 47.6 Å². The summed E-state index contributed by atoms with van der Waals surface area (Å²) in [6, 6.07) is 7.55. The number of benzene rings is 1. The van der Waals surface area contributed by atoms with Gasteiger partial charge >= 0.3 is 13.1 Å². The highest BCUT2D eigenvalue weighted by molar-refractivity contribution is 8.15. The molecule has 1 amide bonds. The number of nitrogens with one attached hydrogen (secondary N) is 1. The largest absolute Gasteiger partial charge is 0.495 e. The molecule has 2 fully saturated rings. The summed E-state index contributed by atoms with van der Waals surface area (Å²) in [6.07, 6.45) is 1.30. The number of thioether (sulfide) groups is 1. The Morgan fingerprint density at radius 2 is 1.93 bits per heavy atom. The van der Waals surface area contributed by atoms with Crippen molar-refractivity contribution in [2.45, 2.75) is 50.6 Å². The van der Waals surface area contributed by atoms with Gasteiger partial charge in [0.05, 0.1) is 23.8 Å². The van der Waals surface area contributed by atoms with Crippen molar-refractivity contribution in [1.29, 1.82) is 0 Å². The number of carboxylic acids is 1. The van der Waals surface area contributed by atoms with Gasteiger partial charge in [-0.3, -0.25) is 9.59 Å². The van der Waals surface area contributed by atoms with Gasteiger partial charge < -0.3 is 19.7 Å². The first-order valence-corrected chi connectivity index (χ1v) is 9.72. The van der Waals surface area contributed by atoms with E-state index in [2.05, 4.69) is 15.5 Å². The standard InChI is InChI=1S/C18H22BN3O5S/c1-17(2)18(3,4)27-19(26-17)12-8-6-5-7-11(12)10-20-22-16-21-15(25)13(28-16)9-14(23)24/h5-8,10,13H,9H2,1-4H3,(H,23,24)(H,21,22,25). The van der Waals surface area contributed by atoms with Crippen molar-refractivity contribution < 1.29 is 24.0 Å². The average molecular weight is 403 g/mol. The van der Waals surface area contributed by atoms with E-state index in [1.165, 1.54) is 0 Å². The van der Waals surface area contributed by atoms with E-state index in [1.54, 1.807) is 6.21 Å². The molecule has 0 bridgehead atoms. The van der Waals surface area contributed by atoms with E-state index in [-0.39, 0.29) is 17.5 Å². The second-order valence-electron chi connectivity index (χ2n) is 7.56. The highest BCUT2D eigenvalue weighted by Gasteiger charge is 2.52. The molecule has 148 valence electrons. The highest BCUT2D eigenvalue weighted by Crippen LogP contribution is 2.36. The van der Waals surface area contributed by atoms with Crippen LogP contribution in [0.3, 0.4) is 0 Å². The fraction of sp³-hybridized carbons (Fsp3) is 0.444. The van der Waals surface area contributed by atoms with E-state index in [4.69, 9.17) is 14.4 Å². The van der Waals surface area contributed by atoms with E-state index in [0.29, 0.717) is 0 Å². The van der Waals surface area contributed by atoms with Gasteiger partial charge in [-0.05, 0) is 38.7 Å². The van der Waals surface area contributed by atoms with Gasteiger partial charge in [0.15, 0.2) is 5.17 Å². The molecule has 10 heteroatoms. The van der Waals surface area contributed by atoms with Gasteiger partial charge in [0.2, 0.25) is 5.91 Å². The second kappa shape index (κ2) is 7.69. The summed E-state index contributed by atoms with van der Waals surface area (Å²) in [6.45, 7) is 7.96. The molecule has 0 spiro atoms.